The third kappa shape index (κ3) is 6.79. The Morgan fingerprint density at radius 2 is 1.59 bits per heavy atom. The summed E-state index contributed by atoms with van der Waals surface area (Å²) >= 11 is 6.31. The number of hydrogen-bond donors (Lipinski definition) is 0. The number of halogens is 1. The highest BCUT2D eigenvalue weighted by atomic mass is 35.5. The maximum Gasteiger partial charge on any atom is 0.419 e. The monoisotopic (exact) mass is 488 g/mol. The number of carbonyl (C=O) groups is 2. The van der Waals surface area contributed by atoms with Crippen molar-refractivity contribution in [1.82, 2.24) is 4.90 Å². The Morgan fingerprint density at radius 1 is 0.971 bits per heavy atom. The van der Waals surface area contributed by atoms with Crippen LogP contribution in [0.2, 0.25) is 5.02 Å². The molecule has 0 aromatic heterocycles. The van der Waals surface area contributed by atoms with Crippen molar-refractivity contribution < 1.29 is 23.8 Å². The summed E-state index contributed by atoms with van der Waals surface area (Å²) in [4.78, 5) is 28.8. The van der Waals surface area contributed by atoms with Crippen LogP contribution in [-0.4, -0.2) is 41.4 Å². The lowest BCUT2D eigenvalue weighted by atomic mass is 10.1. The molecule has 2 amide bonds. The summed E-state index contributed by atoms with van der Waals surface area (Å²) in [6, 6.07) is 13.5. The fraction of sp³-hybridized carbons (Fsp3) is 0.462. The molecular formula is C26H33ClN2O5. The molecule has 0 bridgehead atoms. The highest BCUT2D eigenvalue weighted by Gasteiger charge is 2.31. The van der Waals surface area contributed by atoms with Crippen molar-refractivity contribution in [1.29, 1.82) is 0 Å². The molecular weight excluding hydrogens is 456 g/mol. The van der Waals surface area contributed by atoms with Gasteiger partial charge in [0, 0.05) is 29.4 Å². The molecule has 184 valence electrons. The topological polar surface area (TPSA) is 68.3 Å². The molecule has 0 saturated carbocycles. The first-order valence-electron chi connectivity index (χ1n) is 11.4. The number of carbonyl (C=O) groups excluding carboxylic acids is 2. The van der Waals surface area contributed by atoms with E-state index in [1.54, 1.807) is 41.5 Å². The number of amides is 2. The van der Waals surface area contributed by atoms with Crippen LogP contribution in [-0.2, 0) is 16.1 Å². The third-order valence-corrected chi connectivity index (χ3v) is 5.10. The van der Waals surface area contributed by atoms with Crippen LogP contribution in [0.15, 0.2) is 42.5 Å². The maximum absolute atomic E-state index is 12.8. The Hall–Kier alpha value is -2.93. The Kier molecular flexibility index (Phi) is 7.66. The summed E-state index contributed by atoms with van der Waals surface area (Å²) in [5.74, 6) is 0.756. The minimum atomic E-state index is -0.742. The molecule has 0 spiro atoms. The van der Waals surface area contributed by atoms with Crippen molar-refractivity contribution in [3.05, 3.63) is 53.1 Å². The average molecular weight is 489 g/mol. The van der Waals surface area contributed by atoms with Crippen LogP contribution in [0.4, 0.5) is 21.0 Å². The predicted molar refractivity (Wildman–Crippen MR) is 133 cm³/mol. The quantitative estimate of drug-likeness (QED) is 0.464. The van der Waals surface area contributed by atoms with E-state index in [2.05, 4.69) is 4.90 Å². The van der Waals surface area contributed by atoms with Crippen molar-refractivity contribution >= 4 is 35.2 Å². The van der Waals surface area contributed by atoms with Crippen LogP contribution in [0.5, 0.6) is 5.75 Å². The summed E-state index contributed by atoms with van der Waals surface area (Å²) in [5, 5.41) is 0.618. The van der Waals surface area contributed by atoms with Gasteiger partial charge < -0.3 is 19.1 Å². The normalized spacial score (nSPS) is 13.2. The summed E-state index contributed by atoms with van der Waals surface area (Å²) in [7, 11) is 0. The van der Waals surface area contributed by atoms with E-state index in [0.717, 1.165) is 27.6 Å². The molecule has 0 atom stereocenters. The van der Waals surface area contributed by atoms with E-state index in [-0.39, 0.29) is 6.54 Å². The number of para-hydroxylation sites is 2. The molecule has 0 N–H and O–H groups in total. The Labute approximate surface area is 206 Å². The van der Waals surface area contributed by atoms with Crippen molar-refractivity contribution in [2.24, 2.45) is 0 Å². The lowest BCUT2D eigenvalue weighted by Gasteiger charge is -2.30. The predicted octanol–water partition coefficient (Wildman–Crippen LogP) is 6.93. The molecule has 0 saturated heterocycles. The van der Waals surface area contributed by atoms with Gasteiger partial charge in [-0.05, 0) is 72.2 Å². The third-order valence-electron chi connectivity index (χ3n) is 4.87. The van der Waals surface area contributed by atoms with Gasteiger partial charge in [0.05, 0.1) is 5.69 Å². The number of ether oxygens (including phenoxy) is 3. The number of anilines is 2. The second-order valence-electron chi connectivity index (χ2n) is 10.1. The van der Waals surface area contributed by atoms with Gasteiger partial charge in [0.15, 0.2) is 0 Å². The zero-order valence-corrected chi connectivity index (χ0v) is 21.4. The van der Waals surface area contributed by atoms with Gasteiger partial charge in [-0.1, -0.05) is 29.8 Å². The summed E-state index contributed by atoms with van der Waals surface area (Å²) in [6.07, 6.45) is -0.992. The van der Waals surface area contributed by atoms with Crippen LogP contribution < -0.4 is 9.64 Å². The van der Waals surface area contributed by atoms with E-state index >= 15 is 0 Å². The van der Waals surface area contributed by atoms with E-state index < -0.39 is 23.4 Å². The number of benzene rings is 2. The minimum absolute atomic E-state index is 0.124. The molecule has 0 fully saturated rings. The molecule has 0 aliphatic carbocycles. The molecule has 2 aromatic rings. The van der Waals surface area contributed by atoms with Crippen molar-refractivity contribution in [2.45, 2.75) is 65.8 Å². The lowest BCUT2D eigenvalue weighted by Crippen LogP contribution is -2.44. The van der Waals surface area contributed by atoms with Crippen molar-refractivity contribution in [3.63, 3.8) is 0 Å². The first kappa shape index (κ1) is 25.7. The van der Waals surface area contributed by atoms with Crippen molar-refractivity contribution in [3.8, 4) is 5.75 Å². The van der Waals surface area contributed by atoms with Gasteiger partial charge in [0.1, 0.15) is 23.6 Å². The van der Waals surface area contributed by atoms with Crippen molar-refractivity contribution in [2.75, 3.05) is 18.0 Å². The zero-order chi connectivity index (χ0) is 25.1. The summed E-state index contributed by atoms with van der Waals surface area (Å²) in [6.45, 7) is 11.6. The molecule has 0 radical (unpaired) electrons. The molecule has 7 nitrogen and oxygen atoms in total. The fourth-order valence-corrected chi connectivity index (χ4v) is 3.68. The van der Waals surface area contributed by atoms with Crippen LogP contribution in [0.3, 0.4) is 0 Å². The van der Waals surface area contributed by atoms with Gasteiger partial charge in [-0.2, -0.15) is 0 Å². The first-order valence-corrected chi connectivity index (χ1v) is 11.7. The molecule has 0 unspecified atom stereocenters. The van der Waals surface area contributed by atoms with E-state index in [1.165, 1.54) is 0 Å². The Bertz CT molecular complexity index is 1010. The highest BCUT2D eigenvalue weighted by Crippen LogP contribution is 2.40. The highest BCUT2D eigenvalue weighted by molar-refractivity contribution is 6.30. The van der Waals surface area contributed by atoms with E-state index in [4.69, 9.17) is 25.8 Å². The van der Waals surface area contributed by atoms with Gasteiger partial charge in [-0.15, -0.1) is 0 Å². The molecule has 2 aromatic carbocycles. The Morgan fingerprint density at radius 3 is 2.21 bits per heavy atom. The molecule has 8 heteroatoms. The number of fused-ring (bicyclic) bond motifs is 2. The lowest BCUT2D eigenvalue weighted by molar-refractivity contribution is 0.00141. The van der Waals surface area contributed by atoms with Crippen LogP contribution in [0.25, 0.3) is 0 Å². The summed E-state index contributed by atoms with van der Waals surface area (Å²) < 4.78 is 16.9. The van der Waals surface area contributed by atoms with Crippen LogP contribution in [0.1, 0.15) is 53.5 Å². The van der Waals surface area contributed by atoms with Gasteiger partial charge in [-0.25, -0.2) is 14.5 Å². The zero-order valence-electron chi connectivity index (χ0n) is 20.7. The number of nitrogens with zero attached hydrogens (tertiary/aromatic N) is 2. The van der Waals surface area contributed by atoms with Gasteiger partial charge >= 0.3 is 12.2 Å². The SMILES string of the molecule is CC(C)(C)OC(=O)N(CCCN1c2cc(Cl)ccc2COc2ccccc21)C(=O)OC(C)(C)C. The maximum atomic E-state index is 12.8. The molecule has 1 aliphatic rings. The molecule has 34 heavy (non-hydrogen) atoms. The average Bonchev–Trinajstić information content (AvgIpc) is 2.85. The standard InChI is InChI=1S/C26H33ClN2O5/c1-25(2,3)33-23(30)29(24(31)34-26(4,5)6)15-9-14-28-20-10-7-8-11-22(20)32-17-18-12-13-19(27)16-21(18)28/h7-8,10-13,16H,9,14-15,17H2,1-6H3. The van der Waals surface area contributed by atoms with E-state index in [9.17, 15) is 9.59 Å². The second kappa shape index (κ2) is 10.1. The second-order valence-corrected chi connectivity index (χ2v) is 10.6. The Balaban J connectivity index is 1.83. The number of imide groups is 1. The van der Waals surface area contributed by atoms with Gasteiger partial charge in [0.2, 0.25) is 0 Å². The largest absolute Gasteiger partial charge is 0.487 e. The van der Waals surface area contributed by atoms with Crippen LogP contribution >= 0.6 is 11.6 Å². The number of hydrogen-bond acceptors (Lipinski definition) is 6. The molecule has 1 aliphatic heterocycles. The minimum Gasteiger partial charge on any atom is -0.487 e. The van der Waals surface area contributed by atoms with E-state index in [0.29, 0.717) is 24.6 Å². The fourth-order valence-electron chi connectivity index (χ4n) is 3.52. The molecule has 1 heterocycles. The summed E-state index contributed by atoms with van der Waals surface area (Å²) in [5.41, 5.74) is 1.34. The van der Waals surface area contributed by atoms with Gasteiger partial charge in [-0.3, -0.25) is 0 Å². The smallest absolute Gasteiger partial charge is 0.419 e. The molecule has 3 rings (SSSR count). The first-order chi connectivity index (χ1) is 15.8. The van der Waals surface area contributed by atoms with Crippen LogP contribution in [0, 0.1) is 0 Å². The number of rotatable bonds is 4. The van der Waals surface area contributed by atoms with Gasteiger partial charge in [0.25, 0.3) is 0 Å². The van der Waals surface area contributed by atoms with E-state index in [1.807, 2.05) is 42.5 Å².